The van der Waals surface area contributed by atoms with Crippen molar-refractivity contribution < 1.29 is 27.9 Å². The molecule has 3 aliphatic heterocycles. The summed E-state index contributed by atoms with van der Waals surface area (Å²) in [7, 11) is 0. The Morgan fingerprint density at radius 1 is 1.25 bits per heavy atom. The first-order valence-corrected chi connectivity index (χ1v) is 10.9. The van der Waals surface area contributed by atoms with Crippen molar-refractivity contribution >= 4 is 28.8 Å². The lowest BCUT2D eigenvalue weighted by atomic mass is 9.99. The van der Waals surface area contributed by atoms with Crippen LogP contribution in [0.5, 0.6) is 0 Å². The molecule has 1 aromatic carbocycles. The van der Waals surface area contributed by atoms with E-state index >= 15 is 0 Å². The van der Waals surface area contributed by atoms with Gasteiger partial charge in [-0.25, -0.2) is 13.2 Å². The Morgan fingerprint density at radius 3 is 2.75 bits per heavy atom. The smallest absolute Gasteiger partial charge is 0.278 e. The molecule has 0 radical (unpaired) electrons. The molecule has 2 amide bonds. The fourth-order valence-electron chi connectivity index (χ4n) is 4.38. The summed E-state index contributed by atoms with van der Waals surface area (Å²) in [5.41, 5.74) is 0.704. The van der Waals surface area contributed by atoms with Crippen LogP contribution < -0.4 is 10.2 Å². The van der Waals surface area contributed by atoms with Crippen molar-refractivity contribution in [2.24, 2.45) is 0 Å². The second-order valence-corrected chi connectivity index (χ2v) is 8.90. The maximum absolute atomic E-state index is 13.9. The number of anilines is 1. The van der Waals surface area contributed by atoms with Gasteiger partial charge in [0, 0.05) is 53.9 Å². The number of benzene rings is 1. The van der Waals surface area contributed by atoms with E-state index in [1.54, 1.807) is 21.1 Å². The number of nitrogens with zero attached hydrogens (tertiary/aromatic N) is 2. The molecular formula is C22H18F3N3O3S. The maximum Gasteiger partial charge on any atom is 0.278 e. The van der Waals surface area contributed by atoms with Crippen LogP contribution in [0, 0.1) is 17.5 Å². The van der Waals surface area contributed by atoms with E-state index in [1.807, 2.05) is 11.4 Å². The Balaban J connectivity index is 1.38. The molecule has 5 rings (SSSR count). The average molecular weight is 461 g/mol. The van der Waals surface area contributed by atoms with E-state index in [2.05, 4.69) is 5.32 Å². The Hall–Kier alpha value is -3.27. The number of thiophene rings is 1. The number of hydrogen-bond donors (Lipinski definition) is 2. The van der Waals surface area contributed by atoms with Gasteiger partial charge in [-0.05, 0) is 24.3 Å². The Kier molecular flexibility index (Phi) is 4.96. The van der Waals surface area contributed by atoms with Gasteiger partial charge < -0.3 is 20.2 Å². The third kappa shape index (κ3) is 3.35. The number of piperazine rings is 1. The molecule has 0 spiro atoms. The first-order valence-electron chi connectivity index (χ1n) is 10.0. The number of halogens is 3. The predicted octanol–water partition coefficient (Wildman–Crippen LogP) is 3.50. The molecule has 10 heteroatoms. The number of aryl methyl sites for hydroxylation is 1. The van der Waals surface area contributed by atoms with Crippen molar-refractivity contribution in [3.63, 3.8) is 0 Å². The molecule has 32 heavy (non-hydrogen) atoms. The minimum atomic E-state index is -1.10. The Bertz CT molecular complexity index is 1180. The Morgan fingerprint density at radius 2 is 2.00 bits per heavy atom. The van der Waals surface area contributed by atoms with E-state index in [9.17, 15) is 27.9 Å². The van der Waals surface area contributed by atoms with Crippen LogP contribution in [-0.2, 0) is 22.6 Å². The first kappa shape index (κ1) is 20.6. The average Bonchev–Trinajstić information content (AvgIpc) is 3.14. The number of nitrogens with one attached hydrogen (secondary N) is 1. The fraction of sp³-hybridized carbons (Fsp3) is 0.273. The summed E-state index contributed by atoms with van der Waals surface area (Å²) in [5, 5.41) is 15.0. The molecule has 1 aromatic heterocycles. The molecule has 3 aliphatic rings. The van der Waals surface area contributed by atoms with Gasteiger partial charge in [0.1, 0.15) is 28.9 Å². The highest BCUT2D eigenvalue weighted by Gasteiger charge is 2.42. The predicted molar refractivity (Wildman–Crippen MR) is 111 cm³/mol. The SMILES string of the molecule is O=C(NCc1c(F)cc(F)cc1F)C1=CN2C(=C(O)C1)C(=O)N1C[C@H]2CCc2sccc21. The summed E-state index contributed by atoms with van der Waals surface area (Å²) in [6.07, 6.45) is 2.84. The van der Waals surface area contributed by atoms with Crippen LogP contribution >= 0.6 is 11.3 Å². The topological polar surface area (TPSA) is 72.9 Å². The summed E-state index contributed by atoms with van der Waals surface area (Å²) in [6.45, 7) is -0.0570. The fourth-order valence-corrected chi connectivity index (χ4v) is 5.28. The number of amides is 2. The Labute approximate surface area is 185 Å². The number of carbonyl (C=O) groups excluding carboxylic acids is 2. The van der Waals surface area contributed by atoms with Gasteiger partial charge in [0.25, 0.3) is 5.91 Å². The first-order chi connectivity index (χ1) is 15.3. The number of allylic oxidation sites excluding steroid dienone is 1. The largest absolute Gasteiger partial charge is 0.510 e. The normalized spacial score (nSPS) is 19.9. The molecule has 0 unspecified atom stereocenters. The summed E-state index contributed by atoms with van der Waals surface area (Å²) in [5.74, 6) is -4.44. The second kappa shape index (κ2) is 7.70. The summed E-state index contributed by atoms with van der Waals surface area (Å²) < 4.78 is 40.8. The van der Waals surface area contributed by atoms with Crippen LogP contribution in [0.2, 0.25) is 0 Å². The molecule has 2 bridgehead atoms. The molecule has 1 atom stereocenters. The standard InChI is InChI=1S/C22H18F3N3O3S/c23-12-6-15(24)14(16(25)7-12)8-26-21(30)11-5-18(29)20-22(31)28-10-13(27(20)9-11)1-2-19-17(28)3-4-32-19/h3-4,6-7,9,13,29H,1-2,5,8,10H2,(H,26,30)/t13-/m1/s1. The minimum absolute atomic E-state index is 0.125. The van der Waals surface area contributed by atoms with Gasteiger partial charge in [0.2, 0.25) is 5.91 Å². The minimum Gasteiger partial charge on any atom is -0.510 e. The lowest BCUT2D eigenvalue weighted by Crippen LogP contribution is -2.54. The number of aliphatic hydroxyl groups is 1. The van der Waals surface area contributed by atoms with E-state index in [0.717, 1.165) is 23.4 Å². The highest BCUT2D eigenvalue weighted by molar-refractivity contribution is 7.10. The van der Waals surface area contributed by atoms with Crippen LogP contribution in [0.1, 0.15) is 23.3 Å². The number of fused-ring (bicyclic) bond motifs is 6. The molecule has 2 N–H and O–H groups in total. The van der Waals surface area contributed by atoms with Gasteiger partial charge in [-0.2, -0.15) is 0 Å². The number of rotatable bonds is 3. The third-order valence-electron chi connectivity index (χ3n) is 5.96. The van der Waals surface area contributed by atoms with E-state index in [-0.39, 0.29) is 35.4 Å². The molecule has 1 saturated heterocycles. The van der Waals surface area contributed by atoms with E-state index in [0.29, 0.717) is 18.7 Å². The zero-order valence-corrected chi connectivity index (χ0v) is 17.5. The number of carbonyl (C=O) groups is 2. The molecule has 1 fully saturated rings. The number of hydrogen-bond acceptors (Lipinski definition) is 5. The highest BCUT2D eigenvalue weighted by atomic mass is 32.1. The van der Waals surface area contributed by atoms with Gasteiger partial charge >= 0.3 is 0 Å². The van der Waals surface area contributed by atoms with Crippen LogP contribution in [0.4, 0.5) is 18.9 Å². The summed E-state index contributed by atoms with van der Waals surface area (Å²) >= 11 is 1.58. The van der Waals surface area contributed by atoms with E-state index in [1.165, 1.54) is 6.20 Å². The molecule has 166 valence electrons. The monoisotopic (exact) mass is 461 g/mol. The van der Waals surface area contributed by atoms with Crippen molar-refractivity contribution in [3.05, 3.63) is 74.7 Å². The van der Waals surface area contributed by atoms with Crippen molar-refractivity contribution in [1.82, 2.24) is 10.2 Å². The van der Waals surface area contributed by atoms with Gasteiger partial charge in [-0.1, -0.05) is 0 Å². The molecule has 6 nitrogen and oxygen atoms in total. The second-order valence-electron chi connectivity index (χ2n) is 7.90. The lowest BCUT2D eigenvalue weighted by Gasteiger charge is -2.42. The maximum atomic E-state index is 13.9. The molecule has 4 heterocycles. The van der Waals surface area contributed by atoms with Crippen molar-refractivity contribution in [2.75, 3.05) is 11.4 Å². The number of aliphatic hydroxyl groups excluding tert-OH is 1. The van der Waals surface area contributed by atoms with Crippen LogP contribution in [0.15, 0.2) is 46.8 Å². The highest BCUT2D eigenvalue weighted by Crippen LogP contribution is 2.40. The summed E-state index contributed by atoms with van der Waals surface area (Å²) in [6, 6.07) is 2.86. The van der Waals surface area contributed by atoms with Gasteiger partial charge in [-0.15, -0.1) is 11.3 Å². The van der Waals surface area contributed by atoms with Gasteiger partial charge in [-0.3, -0.25) is 9.59 Å². The van der Waals surface area contributed by atoms with Crippen LogP contribution in [0.25, 0.3) is 0 Å². The quantitative estimate of drug-likeness (QED) is 0.734. The molecular weight excluding hydrogens is 443 g/mol. The van der Waals surface area contributed by atoms with Gasteiger partial charge in [0.05, 0.1) is 11.7 Å². The van der Waals surface area contributed by atoms with Crippen molar-refractivity contribution in [3.8, 4) is 0 Å². The molecule has 2 aromatic rings. The summed E-state index contributed by atoms with van der Waals surface area (Å²) in [4.78, 5) is 30.2. The lowest BCUT2D eigenvalue weighted by molar-refractivity contribution is -0.120. The van der Waals surface area contributed by atoms with Crippen LogP contribution in [-0.4, -0.2) is 34.4 Å². The molecule has 0 saturated carbocycles. The van der Waals surface area contributed by atoms with E-state index in [4.69, 9.17) is 0 Å². The zero-order valence-electron chi connectivity index (χ0n) is 16.7. The van der Waals surface area contributed by atoms with Crippen molar-refractivity contribution in [2.45, 2.75) is 31.8 Å². The zero-order chi connectivity index (χ0) is 22.6. The van der Waals surface area contributed by atoms with E-state index < -0.39 is 35.5 Å². The van der Waals surface area contributed by atoms with Gasteiger partial charge in [0.15, 0.2) is 0 Å². The third-order valence-corrected chi connectivity index (χ3v) is 6.93. The molecule has 0 aliphatic carbocycles. The van der Waals surface area contributed by atoms with Crippen molar-refractivity contribution in [1.29, 1.82) is 0 Å². The van der Waals surface area contributed by atoms with Crippen LogP contribution in [0.3, 0.4) is 0 Å².